The summed E-state index contributed by atoms with van der Waals surface area (Å²) in [5.74, 6) is -0.976. The molecule has 1 saturated carbocycles. The van der Waals surface area contributed by atoms with Crippen LogP contribution in [0.4, 0.5) is 4.79 Å². The van der Waals surface area contributed by atoms with Crippen LogP contribution in [0.2, 0.25) is 0 Å². The lowest BCUT2D eigenvalue weighted by Gasteiger charge is -2.31. The molecule has 0 aromatic heterocycles. The smallest absolute Gasteiger partial charge is 0.326 e. The number of aliphatic carboxylic acids is 1. The van der Waals surface area contributed by atoms with Gasteiger partial charge in [-0.1, -0.05) is 12.8 Å². The summed E-state index contributed by atoms with van der Waals surface area (Å²) in [6.45, 7) is 1.52. The van der Waals surface area contributed by atoms with Crippen LogP contribution in [-0.2, 0) is 4.79 Å². The van der Waals surface area contributed by atoms with Crippen molar-refractivity contribution >= 4 is 12.0 Å². The van der Waals surface area contributed by atoms with Crippen LogP contribution in [0, 0.1) is 0 Å². The zero-order chi connectivity index (χ0) is 12.3. The molecule has 0 saturated heterocycles. The van der Waals surface area contributed by atoms with E-state index in [2.05, 4.69) is 0 Å². The Bertz CT molecular complexity index is 274. The Morgan fingerprint density at radius 3 is 2.19 bits per heavy atom. The number of rotatable bonds is 3. The van der Waals surface area contributed by atoms with Crippen LogP contribution in [-0.4, -0.2) is 53.1 Å². The average molecular weight is 228 g/mol. The number of amides is 2. The van der Waals surface area contributed by atoms with E-state index in [1.54, 1.807) is 11.9 Å². The Hall–Kier alpha value is -1.26. The third kappa shape index (κ3) is 2.65. The van der Waals surface area contributed by atoms with Crippen molar-refractivity contribution in [3.8, 4) is 0 Å². The minimum Gasteiger partial charge on any atom is -0.480 e. The standard InChI is InChI=1S/C11H20N2O3/c1-8(10(14)15)12(2)11(16)13(3)9-6-4-5-7-9/h8-9H,4-7H2,1-3H3,(H,14,15). The highest BCUT2D eigenvalue weighted by molar-refractivity contribution is 5.82. The molecule has 1 unspecified atom stereocenters. The van der Waals surface area contributed by atoms with E-state index in [1.807, 2.05) is 0 Å². The van der Waals surface area contributed by atoms with E-state index >= 15 is 0 Å². The zero-order valence-corrected chi connectivity index (χ0v) is 10.1. The molecule has 16 heavy (non-hydrogen) atoms. The maximum atomic E-state index is 12.0. The predicted octanol–water partition coefficient (Wildman–Crippen LogP) is 1.39. The summed E-state index contributed by atoms with van der Waals surface area (Å²) in [5.41, 5.74) is 0. The van der Waals surface area contributed by atoms with E-state index in [-0.39, 0.29) is 12.1 Å². The molecule has 2 amide bonds. The number of urea groups is 1. The Morgan fingerprint density at radius 2 is 1.75 bits per heavy atom. The summed E-state index contributed by atoms with van der Waals surface area (Å²) in [6.07, 6.45) is 4.36. The van der Waals surface area contributed by atoms with Crippen LogP contribution in [0.25, 0.3) is 0 Å². The van der Waals surface area contributed by atoms with Gasteiger partial charge in [0, 0.05) is 20.1 Å². The lowest BCUT2D eigenvalue weighted by molar-refractivity contribution is -0.141. The van der Waals surface area contributed by atoms with Crippen molar-refractivity contribution in [3.05, 3.63) is 0 Å². The van der Waals surface area contributed by atoms with Gasteiger partial charge in [0.2, 0.25) is 0 Å². The first-order valence-electron chi connectivity index (χ1n) is 5.67. The van der Waals surface area contributed by atoms with Crippen LogP contribution >= 0.6 is 0 Å². The summed E-state index contributed by atoms with van der Waals surface area (Å²) in [7, 11) is 3.29. The molecule has 1 aliphatic rings. The van der Waals surface area contributed by atoms with Crippen molar-refractivity contribution < 1.29 is 14.7 Å². The van der Waals surface area contributed by atoms with E-state index in [0.717, 1.165) is 25.7 Å². The molecule has 5 nitrogen and oxygen atoms in total. The van der Waals surface area contributed by atoms with Gasteiger partial charge in [0.15, 0.2) is 0 Å². The minimum absolute atomic E-state index is 0.207. The first-order valence-corrected chi connectivity index (χ1v) is 5.67. The van der Waals surface area contributed by atoms with Crippen molar-refractivity contribution in [2.45, 2.75) is 44.7 Å². The molecule has 0 aromatic rings. The molecule has 0 aromatic carbocycles. The fraction of sp³-hybridized carbons (Fsp3) is 0.818. The molecular formula is C11H20N2O3. The topological polar surface area (TPSA) is 60.9 Å². The second kappa shape index (κ2) is 5.18. The molecule has 1 rings (SSSR count). The number of hydrogen-bond acceptors (Lipinski definition) is 2. The van der Waals surface area contributed by atoms with Crippen molar-refractivity contribution in [3.63, 3.8) is 0 Å². The van der Waals surface area contributed by atoms with Crippen molar-refractivity contribution in [1.29, 1.82) is 0 Å². The van der Waals surface area contributed by atoms with Gasteiger partial charge in [0.25, 0.3) is 0 Å². The third-order valence-corrected chi connectivity index (χ3v) is 3.41. The van der Waals surface area contributed by atoms with Gasteiger partial charge in [-0.05, 0) is 19.8 Å². The molecule has 1 N–H and O–H groups in total. The molecule has 1 atom stereocenters. The Labute approximate surface area is 96.0 Å². The van der Waals surface area contributed by atoms with Crippen LogP contribution < -0.4 is 0 Å². The summed E-state index contributed by atoms with van der Waals surface area (Å²) in [5, 5.41) is 8.84. The number of carboxylic acid groups (broad SMARTS) is 1. The highest BCUT2D eigenvalue weighted by atomic mass is 16.4. The highest BCUT2D eigenvalue weighted by Crippen LogP contribution is 2.23. The normalized spacial score (nSPS) is 18.2. The molecule has 0 heterocycles. The number of likely N-dealkylation sites (N-methyl/N-ethyl adjacent to an activating group) is 1. The maximum Gasteiger partial charge on any atom is 0.326 e. The van der Waals surface area contributed by atoms with E-state index in [9.17, 15) is 9.59 Å². The Morgan fingerprint density at radius 1 is 1.25 bits per heavy atom. The van der Waals surface area contributed by atoms with Gasteiger partial charge in [-0.15, -0.1) is 0 Å². The monoisotopic (exact) mass is 228 g/mol. The van der Waals surface area contributed by atoms with Gasteiger partial charge in [-0.2, -0.15) is 0 Å². The third-order valence-electron chi connectivity index (χ3n) is 3.41. The quantitative estimate of drug-likeness (QED) is 0.794. The molecule has 0 radical (unpaired) electrons. The van der Waals surface area contributed by atoms with Crippen molar-refractivity contribution in [2.24, 2.45) is 0 Å². The fourth-order valence-corrected chi connectivity index (χ4v) is 2.03. The molecule has 0 bridgehead atoms. The number of carboxylic acids is 1. The highest BCUT2D eigenvalue weighted by Gasteiger charge is 2.29. The first kappa shape index (κ1) is 12.8. The van der Waals surface area contributed by atoms with Crippen LogP contribution in [0.15, 0.2) is 0 Å². The summed E-state index contributed by atoms with van der Waals surface area (Å²) >= 11 is 0. The first-order chi connectivity index (χ1) is 7.45. The second-order valence-electron chi connectivity index (χ2n) is 4.46. The van der Waals surface area contributed by atoms with Gasteiger partial charge < -0.3 is 14.9 Å². The van der Waals surface area contributed by atoms with Gasteiger partial charge >= 0.3 is 12.0 Å². The maximum absolute atomic E-state index is 12.0. The zero-order valence-electron chi connectivity index (χ0n) is 10.1. The molecule has 5 heteroatoms. The molecule has 0 spiro atoms. The molecule has 0 aliphatic heterocycles. The summed E-state index contributed by atoms with van der Waals surface area (Å²) < 4.78 is 0. The SMILES string of the molecule is CC(C(=O)O)N(C)C(=O)N(C)C1CCCC1. The number of nitrogens with zero attached hydrogens (tertiary/aromatic N) is 2. The van der Waals surface area contributed by atoms with Gasteiger partial charge in [0.1, 0.15) is 6.04 Å². The number of hydrogen-bond donors (Lipinski definition) is 1. The van der Waals surface area contributed by atoms with E-state index in [4.69, 9.17) is 5.11 Å². The van der Waals surface area contributed by atoms with Crippen molar-refractivity contribution in [1.82, 2.24) is 9.80 Å². The average Bonchev–Trinajstić information content (AvgIpc) is 2.78. The second-order valence-corrected chi connectivity index (χ2v) is 4.46. The van der Waals surface area contributed by atoms with E-state index in [1.165, 1.54) is 18.9 Å². The fourth-order valence-electron chi connectivity index (χ4n) is 2.03. The van der Waals surface area contributed by atoms with Gasteiger partial charge in [0.05, 0.1) is 0 Å². The van der Waals surface area contributed by atoms with Crippen molar-refractivity contribution in [2.75, 3.05) is 14.1 Å². The van der Waals surface area contributed by atoms with Gasteiger partial charge in [-0.3, -0.25) is 0 Å². The number of carbonyl (C=O) groups excluding carboxylic acids is 1. The summed E-state index contributed by atoms with van der Waals surface area (Å²) in [4.78, 5) is 25.7. The minimum atomic E-state index is -0.976. The number of carbonyl (C=O) groups is 2. The lowest BCUT2D eigenvalue weighted by Crippen LogP contribution is -2.49. The summed E-state index contributed by atoms with van der Waals surface area (Å²) in [6, 6.07) is -0.714. The largest absolute Gasteiger partial charge is 0.480 e. The molecular weight excluding hydrogens is 208 g/mol. The van der Waals surface area contributed by atoms with Crippen LogP contribution in [0.3, 0.4) is 0 Å². The van der Waals surface area contributed by atoms with Crippen LogP contribution in [0.5, 0.6) is 0 Å². The Kier molecular flexibility index (Phi) is 4.15. The Balaban J connectivity index is 2.58. The lowest BCUT2D eigenvalue weighted by atomic mass is 10.2. The predicted molar refractivity (Wildman–Crippen MR) is 60.3 cm³/mol. The molecule has 92 valence electrons. The van der Waals surface area contributed by atoms with E-state index in [0.29, 0.717) is 0 Å². The molecule has 1 fully saturated rings. The van der Waals surface area contributed by atoms with Gasteiger partial charge in [-0.25, -0.2) is 9.59 Å². The molecule has 1 aliphatic carbocycles. The van der Waals surface area contributed by atoms with Crippen LogP contribution in [0.1, 0.15) is 32.6 Å². The van der Waals surface area contributed by atoms with E-state index < -0.39 is 12.0 Å².